The average Bonchev–Trinajstić information content (AvgIpc) is 2.27. The van der Waals surface area contributed by atoms with E-state index in [4.69, 9.17) is 0 Å². The third-order valence-corrected chi connectivity index (χ3v) is 2.96. The summed E-state index contributed by atoms with van der Waals surface area (Å²) < 4.78 is 0. The SMILES string of the molecule is C=CCC(C)(C)/C=C(\C)CCc1ccccc1. The Morgan fingerprint density at radius 1 is 1.24 bits per heavy atom. The molecule has 0 radical (unpaired) electrons. The van der Waals surface area contributed by atoms with Crippen molar-refractivity contribution in [3.8, 4) is 0 Å². The van der Waals surface area contributed by atoms with Crippen LogP contribution in [0, 0.1) is 5.41 Å². The van der Waals surface area contributed by atoms with Crippen LogP contribution in [0.25, 0.3) is 0 Å². The van der Waals surface area contributed by atoms with Gasteiger partial charge in [0.1, 0.15) is 0 Å². The zero-order valence-corrected chi connectivity index (χ0v) is 11.4. The minimum Gasteiger partial charge on any atom is -0.103 e. The molecule has 1 rings (SSSR count). The van der Waals surface area contributed by atoms with Crippen molar-refractivity contribution in [1.29, 1.82) is 0 Å². The van der Waals surface area contributed by atoms with Gasteiger partial charge >= 0.3 is 0 Å². The Morgan fingerprint density at radius 2 is 1.88 bits per heavy atom. The Balaban J connectivity index is 2.52. The van der Waals surface area contributed by atoms with Crippen molar-refractivity contribution in [3.63, 3.8) is 0 Å². The normalized spacial score (nSPS) is 12.5. The summed E-state index contributed by atoms with van der Waals surface area (Å²) in [6.45, 7) is 10.6. The van der Waals surface area contributed by atoms with Crippen LogP contribution in [0.15, 0.2) is 54.6 Å². The first-order valence-corrected chi connectivity index (χ1v) is 6.37. The summed E-state index contributed by atoms with van der Waals surface area (Å²) in [5.41, 5.74) is 3.13. The van der Waals surface area contributed by atoms with Crippen LogP contribution in [0.3, 0.4) is 0 Å². The van der Waals surface area contributed by atoms with Crippen LogP contribution in [0.5, 0.6) is 0 Å². The van der Waals surface area contributed by atoms with Crippen LogP contribution >= 0.6 is 0 Å². The van der Waals surface area contributed by atoms with Gasteiger partial charge < -0.3 is 0 Å². The van der Waals surface area contributed by atoms with Crippen molar-refractivity contribution in [2.24, 2.45) is 5.41 Å². The molecule has 0 aliphatic heterocycles. The van der Waals surface area contributed by atoms with E-state index in [9.17, 15) is 0 Å². The van der Waals surface area contributed by atoms with Gasteiger partial charge in [0.25, 0.3) is 0 Å². The van der Waals surface area contributed by atoms with Crippen molar-refractivity contribution in [1.82, 2.24) is 0 Å². The molecule has 0 N–H and O–H groups in total. The molecule has 1 aromatic carbocycles. The quantitative estimate of drug-likeness (QED) is 0.589. The van der Waals surface area contributed by atoms with Crippen LogP contribution in [0.4, 0.5) is 0 Å². The first-order chi connectivity index (χ1) is 8.03. The maximum atomic E-state index is 3.82. The number of hydrogen-bond donors (Lipinski definition) is 0. The highest BCUT2D eigenvalue weighted by Gasteiger charge is 2.12. The molecule has 0 atom stereocenters. The summed E-state index contributed by atoms with van der Waals surface area (Å²) in [5.74, 6) is 0. The molecule has 0 amide bonds. The van der Waals surface area contributed by atoms with Crippen LogP contribution in [0.1, 0.15) is 39.2 Å². The maximum absolute atomic E-state index is 3.82. The second-order valence-corrected chi connectivity index (χ2v) is 5.46. The molecule has 0 saturated heterocycles. The summed E-state index contributed by atoms with van der Waals surface area (Å²) in [6, 6.07) is 10.7. The highest BCUT2D eigenvalue weighted by molar-refractivity contribution is 5.17. The summed E-state index contributed by atoms with van der Waals surface area (Å²) in [6.07, 6.45) is 7.70. The number of benzene rings is 1. The smallest absolute Gasteiger partial charge is 0.0138 e. The van der Waals surface area contributed by atoms with E-state index < -0.39 is 0 Å². The van der Waals surface area contributed by atoms with E-state index in [-0.39, 0.29) is 5.41 Å². The van der Waals surface area contributed by atoms with Crippen molar-refractivity contribution >= 4 is 0 Å². The van der Waals surface area contributed by atoms with Gasteiger partial charge in [-0.05, 0) is 37.2 Å². The molecule has 92 valence electrons. The molecule has 0 saturated carbocycles. The second kappa shape index (κ2) is 6.44. The highest BCUT2D eigenvalue weighted by Crippen LogP contribution is 2.25. The Morgan fingerprint density at radius 3 is 2.47 bits per heavy atom. The van der Waals surface area contributed by atoms with E-state index in [1.54, 1.807) is 0 Å². The zero-order chi connectivity index (χ0) is 12.7. The number of allylic oxidation sites excluding steroid dienone is 3. The van der Waals surface area contributed by atoms with Gasteiger partial charge in [-0.15, -0.1) is 6.58 Å². The fourth-order valence-corrected chi connectivity index (χ4v) is 2.16. The molecule has 1 aromatic rings. The topological polar surface area (TPSA) is 0 Å². The first-order valence-electron chi connectivity index (χ1n) is 6.37. The average molecular weight is 228 g/mol. The van der Waals surface area contributed by atoms with Gasteiger partial charge in [0.05, 0.1) is 0 Å². The Labute approximate surface area is 106 Å². The Hall–Kier alpha value is -1.30. The fraction of sp³-hybridized carbons (Fsp3) is 0.412. The molecule has 0 nitrogen and oxygen atoms in total. The molecule has 0 heterocycles. The van der Waals surface area contributed by atoms with Crippen molar-refractivity contribution in [3.05, 3.63) is 60.2 Å². The van der Waals surface area contributed by atoms with Gasteiger partial charge in [-0.25, -0.2) is 0 Å². The Kier molecular flexibility index (Phi) is 5.21. The molecule has 0 aliphatic carbocycles. The van der Waals surface area contributed by atoms with Gasteiger partial charge in [-0.2, -0.15) is 0 Å². The van der Waals surface area contributed by atoms with E-state index in [0.717, 1.165) is 19.3 Å². The summed E-state index contributed by atoms with van der Waals surface area (Å²) in [4.78, 5) is 0. The molecule has 0 spiro atoms. The number of rotatable bonds is 6. The summed E-state index contributed by atoms with van der Waals surface area (Å²) in [7, 11) is 0. The molecule has 0 aromatic heterocycles. The van der Waals surface area contributed by atoms with Crippen LogP contribution in [-0.2, 0) is 6.42 Å². The third kappa shape index (κ3) is 5.53. The lowest BCUT2D eigenvalue weighted by Crippen LogP contribution is -2.06. The predicted molar refractivity (Wildman–Crippen MR) is 77.1 cm³/mol. The molecule has 0 heteroatoms. The predicted octanol–water partition coefficient (Wildman–Crippen LogP) is 5.17. The maximum Gasteiger partial charge on any atom is -0.0138 e. The summed E-state index contributed by atoms with van der Waals surface area (Å²) >= 11 is 0. The highest BCUT2D eigenvalue weighted by atomic mass is 14.2. The third-order valence-electron chi connectivity index (χ3n) is 2.96. The van der Waals surface area contributed by atoms with Crippen molar-refractivity contribution in [2.45, 2.75) is 40.0 Å². The van der Waals surface area contributed by atoms with Gasteiger partial charge in [0.15, 0.2) is 0 Å². The molecule has 0 bridgehead atoms. The van der Waals surface area contributed by atoms with E-state index in [0.29, 0.717) is 0 Å². The molecule has 0 fully saturated rings. The Bertz CT molecular complexity index is 368. The monoisotopic (exact) mass is 228 g/mol. The molecule has 17 heavy (non-hydrogen) atoms. The fourth-order valence-electron chi connectivity index (χ4n) is 2.16. The number of aryl methyl sites for hydroxylation is 1. The van der Waals surface area contributed by atoms with Crippen molar-refractivity contribution < 1.29 is 0 Å². The lowest BCUT2D eigenvalue weighted by Gasteiger charge is -2.19. The number of hydrogen-bond acceptors (Lipinski definition) is 0. The van der Waals surface area contributed by atoms with Gasteiger partial charge in [0, 0.05) is 0 Å². The largest absolute Gasteiger partial charge is 0.103 e. The second-order valence-electron chi connectivity index (χ2n) is 5.46. The van der Waals surface area contributed by atoms with E-state index in [2.05, 4.69) is 63.8 Å². The van der Waals surface area contributed by atoms with Crippen LogP contribution < -0.4 is 0 Å². The van der Waals surface area contributed by atoms with E-state index in [1.165, 1.54) is 11.1 Å². The summed E-state index contributed by atoms with van der Waals surface area (Å²) in [5, 5.41) is 0. The molecular weight excluding hydrogens is 204 g/mol. The van der Waals surface area contributed by atoms with Gasteiger partial charge in [0.2, 0.25) is 0 Å². The van der Waals surface area contributed by atoms with E-state index >= 15 is 0 Å². The first kappa shape index (κ1) is 13.8. The van der Waals surface area contributed by atoms with Crippen molar-refractivity contribution in [2.75, 3.05) is 0 Å². The minimum atomic E-state index is 0.239. The molecule has 0 aliphatic rings. The van der Waals surface area contributed by atoms with Gasteiger partial charge in [-0.3, -0.25) is 0 Å². The van der Waals surface area contributed by atoms with Crippen LogP contribution in [-0.4, -0.2) is 0 Å². The molecular formula is C17H24. The van der Waals surface area contributed by atoms with E-state index in [1.807, 2.05) is 6.08 Å². The molecule has 0 unspecified atom stereocenters. The lowest BCUT2D eigenvalue weighted by atomic mass is 9.86. The standard InChI is InChI=1S/C17H24/c1-5-13-17(3,4)14-15(2)11-12-16-9-7-6-8-10-16/h5-10,14H,1,11-13H2,2-4H3/b15-14+. The van der Waals surface area contributed by atoms with Crippen LogP contribution in [0.2, 0.25) is 0 Å². The lowest BCUT2D eigenvalue weighted by molar-refractivity contribution is 0.484. The zero-order valence-electron chi connectivity index (χ0n) is 11.4. The minimum absolute atomic E-state index is 0.239. The van der Waals surface area contributed by atoms with Gasteiger partial charge in [-0.1, -0.05) is 61.9 Å².